The van der Waals surface area contributed by atoms with Crippen LogP contribution in [0.4, 0.5) is 15.8 Å². The minimum absolute atomic E-state index is 0.0163. The summed E-state index contributed by atoms with van der Waals surface area (Å²) in [4.78, 5) is 12.5. The number of carbonyl (C=O) groups is 1. The molecule has 3 aromatic rings. The molecule has 0 heterocycles. The number of nitrogens with one attached hydrogen (secondary N) is 1. The summed E-state index contributed by atoms with van der Waals surface area (Å²) < 4.78 is 41.8. The minimum Gasteiger partial charge on any atom is -0.319 e. The lowest BCUT2D eigenvalue weighted by Crippen LogP contribution is -2.31. The average Bonchev–Trinajstić information content (AvgIpc) is 2.75. The number of hydrogen-bond acceptors (Lipinski definition) is 3. The first-order chi connectivity index (χ1) is 14.7. The van der Waals surface area contributed by atoms with E-state index in [2.05, 4.69) is 11.9 Å². The number of sulfonamides is 1. The molecule has 160 valence electrons. The molecule has 0 aromatic heterocycles. The predicted molar refractivity (Wildman–Crippen MR) is 122 cm³/mol. The molecule has 0 saturated heterocycles. The summed E-state index contributed by atoms with van der Waals surface area (Å²) in [6.45, 7) is 5.37. The second kappa shape index (κ2) is 9.32. The molecule has 0 aliphatic heterocycles. The van der Waals surface area contributed by atoms with Gasteiger partial charge in [0.15, 0.2) is 0 Å². The van der Waals surface area contributed by atoms with Crippen LogP contribution in [0.25, 0.3) is 0 Å². The number of aryl methyl sites for hydroxylation is 1. The third kappa shape index (κ3) is 4.95. The zero-order chi connectivity index (χ0) is 22.6. The maximum absolute atomic E-state index is 14.0. The van der Waals surface area contributed by atoms with Crippen molar-refractivity contribution in [2.75, 3.05) is 16.2 Å². The number of rotatable bonds is 7. The third-order valence-electron chi connectivity index (χ3n) is 4.47. The summed E-state index contributed by atoms with van der Waals surface area (Å²) in [5.41, 5.74) is 1.15. The predicted octanol–water partition coefficient (Wildman–Crippen LogP) is 5.42. The van der Waals surface area contributed by atoms with Gasteiger partial charge < -0.3 is 5.32 Å². The molecule has 0 bridgehead atoms. The smallest absolute Gasteiger partial charge is 0.264 e. The lowest BCUT2D eigenvalue weighted by Gasteiger charge is -2.24. The van der Waals surface area contributed by atoms with Crippen LogP contribution in [-0.2, 0) is 10.0 Å². The van der Waals surface area contributed by atoms with E-state index < -0.39 is 21.7 Å². The second-order valence-electron chi connectivity index (χ2n) is 6.74. The molecular formula is C23H20ClFN2O3S. The van der Waals surface area contributed by atoms with Gasteiger partial charge in [0.1, 0.15) is 5.82 Å². The molecule has 31 heavy (non-hydrogen) atoms. The Morgan fingerprint density at radius 2 is 1.87 bits per heavy atom. The van der Waals surface area contributed by atoms with Crippen molar-refractivity contribution in [2.45, 2.75) is 11.8 Å². The average molecular weight is 459 g/mol. The van der Waals surface area contributed by atoms with Crippen molar-refractivity contribution in [1.29, 1.82) is 0 Å². The van der Waals surface area contributed by atoms with Gasteiger partial charge in [0.05, 0.1) is 27.8 Å². The van der Waals surface area contributed by atoms with Gasteiger partial charge in [0, 0.05) is 5.56 Å². The summed E-state index contributed by atoms with van der Waals surface area (Å²) in [5, 5.41) is 2.74. The molecule has 0 fully saturated rings. The zero-order valence-corrected chi connectivity index (χ0v) is 18.3. The van der Waals surface area contributed by atoms with Crippen LogP contribution in [0.2, 0.25) is 5.02 Å². The highest BCUT2D eigenvalue weighted by Crippen LogP contribution is 2.30. The molecule has 1 amide bonds. The Morgan fingerprint density at radius 1 is 1.13 bits per heavy atom. The molecule has 0 unspecified atom stereocenters. The van der Waals surface area contributed by atoms with Crippen molar-refractivity contribution in [3.8, 4) is 0 Å². The second-order valence-corrected chi connectivity index (χ2v) is 9.01. The van der Waals surface area contributed by atoms with Gasteiger partial charge in [-0.2, -0.15) is 0 Å². The Kier molecular flexibility index (Phi) is 6.77. The quantitative estimate of drug-likeness (QED) is 0.480. The lowest BCUT2D eigenvalue weighted by atomic mass is 10.2. The lowest BCUT2D eigenvalue weighted by molar-refractivity contribution is 0.102. The first kappa shape index (κ1) is 22.5. The van der Waals surface area contributed by atoms with Gasteiger partial charge in [-0.05, 0) is 55.0 Å². The van der Waals surface area contributed by atoms with Crippen molar-refractivity contribution in [3.05, 3.63) is 101 Å². The zero-order valence-electron chi connectivity index (χ0n) is 16.7. The highest BCUT2D eigenvalue weighted by Gasteiger charge is 2.26. The van der Waals surface area contributed by atoms with Crippen molar-refractivity contribution >= 4 is 38.9 Å². The molecule has 5 nitrogen and oxygen atoms in total. The topological polar surface area (TPSA) is 66.5 Å². The van der Waals surface area contributed by atoms with E-state index in [0.29, 0.717) is 5.69 Å². The Hall–Kier alpha value is -3.16. The highest BCUT2D eigenvalue weighted by molar-refractivity contribution is 7.92. The number of hydrogen-bond donors (Lipinski definition) is 1. The van der Waals surface area contributed by atoms with Gasteiger partial charge in [-0.15, -0.1) is 6.58 Å². The number of nitrogens with zero attached hydrogens (tertiary/aromatic N) is 1. The van der Waals surface area contributed by atoms with E-state index in [9.17, 15) is 17.6 Å². The van der Waals surface area contributed by atoms with Crippen LogP contribution in [0.5, 0.6) is 0 Å². The molecule has 3 aromatic carbocycles. The van der Waals surface area contributed by atoms with E-state index in [0.717, 1.165) is 9.87 Å². The number of amides is 1. The summed E-state index contributed by atoms with van der Waals surface area (Å²) in [6, 6.07) is 16.4. The SMILES string of the molecule is C=CCN(c1ccccc1Cl)S(=O)(=O)c1cccc(C(=O)Nc2cc(C)ccc2F)c1. The molecule has 0 saturated carbocycles. The molecule has 0 aliphatic carbocycles. The van der Waals surface area contributed by atoms with Crippen molar-refractivity contribution in [2.24, 2.45) is 0 Å². The summed E-state index contributed by atoms with van der Waals surface area (Å²) in [5.74, 6) is -1.21. The maximum atomic E-state index is 14.0. The van der Waals surface area contributed by atoms with Gasteiger partial charge in [-0.1, -0.05) is 41.9 Å². The Labute approximate surface area is 185 Å². The van der Waals surface area contributed by atoms with E-state index in [1.165, 1.54) is 42.5 Å². The summed E-state index contributed by atoms with van der Waals surface area (Å²) in [6.07, 6.45) is 1.44. The normalized spacial score (nSPS) is 11.1. The molecule has 1 N–H and O–H groups in total. The molecule has 8 heteroatoms. The van der Waals surface area contributed by atoms with E-state index in [-0.39, 0.29) is 27.7 Å². The molecule has 0 atom stereocenters. The number of halogens is 2. The largest absolute Gasteiger partial charge is 0.319 e. The van der Waals surface area contributed by atoms with Crippen LogP contribution < -0.4 is 9.62 Å². The van der Waals surface area contributed by atoms with Gasteiger partial charge in [-0.25, -0.2) is 12.8 Å². The fourth-order valence-electron chi connectivity index (χ4n) is 2.95. The number of para-hydroxylation sites is 1. The highest BCUT2D eigenvalue weighted by atomic mass is 35.5. The van der Waals surface area contributed by atoms with Crippen LogP contribution in [-0.4, -0.2) is 20.9 Å². The van der Waals surface area contributed by atoms with Crippen LogP contribution in [0.1, 0.15) is 15.9 Å². The van der Waals surface area contributed by atoms with E-state index in [4.69, 9.17) is 11.6 Å². The van der Waals surface area contributed by atoms with Crippen LogP contribution in [0.3, 0.4) is 0 Å². The first-order valence-corrected chi connectivity index (χ1v) is 11.1. The fraction of sp³-hybridized carbons (Fsp3) is 0.0870. The van der Waals surface area contributed by atoms with Gasteiger partial charge in [-0.3, -0.25) is 9.10 Å². The maximum Gasteiger partial charge on any atom is 0.264 e. The van der Waals surface area contributed by atoms with Crippen LogP contribution in [0, 0.1) is 12.7 Å². The number of anilines is 2. The fourth-order valence-corrected chi connectivity index (χ4v) is 4.74. The third-order valence-corrected chi connectivity index (χ3v) is 6.57. The van der Waals surface area contributed by atoms with E-state index in [1.807, 2.05) is 0 Å². The van der Waals surface area contributed by atoms with Crippen LogP contribution in [0.15, 0.2) is 84.3 Å². The standard InChI is InChI=1S/C23H20ClFN2O3S/c1-3-13-27(22-10-5-4-9-19(22)24)31(29,30)18-8-6-7-17(15-18)23(28)26-21-14-16(2)11-12-20(21)25/h3-12,14-15H,1,13H2,2H3,(H,26,28). The molecule has 0 aliphatic rings. The number of benzene rings is 3. The molecule has 0 radical (unpaired) electrons. The Balaban J connectivity index is 1.97. The molecule has 0 spiro atoms. The summed E-state index contributed by atoms with van der Waals surface area (Å²) in [7, 11) is -4.06. The monoisotopic (exact) mass is 458 g/mol. The molecule has 3 rings (SSSR count). The Bertz CT molecular complexity index is 1250. The molecular weight excluding hydrogens is 439 g/mol. The van der Waals surface area contributed by atoms with Crippen molar-refractivity contribution < 1.29 is 17.6 Å². The van der Waals surface area contributed by atoms with Gasteiger partial charge in [0.2, 0.25) is 0 Å². The van der Waals surface area contributed by atoms with Gasteiger partial charge >= 0.3 is 0 Å². The van der Waals surface area contributed by atoms with E-state index >= 15 is 0 Å². The summed E-state index contributed by atoms with van der Waals surface area (Å²) >= 11 is 6.21. The van der Waals surface area contributed by atoms with Crippen LogP contribution >= 0.6 is 11.6 Å². The minimum atomic E-state index is -4.06. The van der Waals surface area contributed by atoms with E-state index in [1.54, 1.807) is 37.3 Å². The first-order valence-electron chi connectivity index (χ1n) is 9.30. The Morgan fingerprint density at radius 3 is 2.58 bits per heavy atom. The van der Waals surface area contributed by atoms with Crippen molar-refractivity contribution in [1.82, 2.24) is 0 Å². The van der Waals surface area contributed by atoms with Crippen molar-refractivity contribution in [3.63, 3.8) is 0 Å². The van der Waals surface area contributed by atoms with Gasteiger partial charge in [0.25, 0.3) is 15.9 Å². The number of carbonyl (C=O) groups excluding carboxylic acids is 1.